The summed E-state index contributed by atoms with van der Waals surface area (Å²) in [6, 6.07) is 7.69. The van der Waals surface area contributed by atoms with Crippen molar-refractivity contribution >= 4 is 12.0 Å². The van der Waals surface area contributed by atoms with Gasteiger partial charge in [-0.1, -0.05) is 38.3 Å². The SMILES string of the molecule is CCCCCCC(=Cc1ccc(OC)cc1)C(=O)OCC. The van der Waals surface area contributed by atoms with Gasteiger partial charge in [-0.05, 0) is 43.5 Å². The Labute approximate surface area is 128 Å². The summed E-state index contributed by atoms with van der Waals surface area (Å²) in [5.41, 5.74) is 1.74. The van der Waals surface area contributed by atoms with Crippen molar-refractivity contribution in [2.24, 2.45) is 0 Å². The number of hydrogen-bond acceptors (Lipinski definition) is 3. The van der Waals surface area contributed by atoms with Gasteiger partial charge in [0.2, 0.25) is 0 Å². The number of ether oxygens (including phenoxy) is 2. The second-order valence-corrected chi connectivity index (χ2v) is 4.97. The minimum atomic E-state index is -0.204. The van der Waals surface area contributed by atoms with Gasteiger partial charge in [0.1, 0.15) is 5.75 Å². The van der Waals surface area contributed by atoms with Crippen LogP contribution in [0.4, 0.5) is 0 Å². The van der Waals surface area contributed by atoms with Crippen LogP contribution in [0.25, 0.3) is 6.08 Å². The molecule has 0 unspecified atom stereocenters. The molecule has 0 spiro atoms. The summed E-state index contributed by atoms with van der Waals surface area (Å²) in [6.07, 6.45) is 7.26. The molecule has 0 fully saturated rings. The molecule has 0 aliphatic carbocycles. The number of carbonyl (C=O) groups excluding carboxylic acids is 1. The first-order valence-electron chi connectivity index (χ1n) is 7.73. The summed E-state index contributed by atoms with van der Waals surface area (Å²) >= 11 is 0. The van der Waals surface area contributed by atoms with Crippen LogP contribution in [0, 0.1) is 0 Å². The van der Waals surface area contributed by atoms with Gasteiger partial charge in [-0.15, -0.1) is 0 Å². The molecule has 0 aliphatic rings. The highest BCUT2D eigenvalue weighted by Crippen LogP contribution is 2.18. The van der Waals surface area contributed by atoms with Gasteiger partial charge in [0, 0.05) is 5.57 Å². The van der Waals surface area contributed by atoms with Crippen molar-refractivity contribution in [2.45, 2.75) is 46.0 Å². The average molecular weight is 290 g/mol. The van der Waals surface area contributed by atoms with E-state index in [1.54, 1.807) is 7.11 Å². The molecule has 0 saturated carbocycles. The molecule has 0 bridgehead atoms. The molecule has 0 saturated heterocycles. The molecule has 0 radical (unpaired) electrons. The minimum Gasteiger partial charge on any atom is -0.497 e. The Kier molecular flexibility index (Phi) is 8.25. The van der Waals surface area contributed by atoms with E-state index >= 15 is 0 Å². The number of hydrogen-bond donors (Lipinski definition) is 0. The monoisotopic (exact) mass is 290 g/mol. The summed E-state index contributed by atoms with van der Waals surface area (Å²) in [4.78, 5) is 12.0. The Morgan fingerprint density at radius 1 is 1.10 bits per heavy atom. The fourth-order valence-corrected chi connectivity index (χ4v) is 2.10. The van der Waals surface area contributed by atoms with Crippen molar-refractivity contribution in [3.63, 3.8) is 0 Å². The molecule has 1 rings (SSSR count). The van der Waals surface area contributed by atoms with Crippen molar-refractivity contribution in [3.05, 3.63) is 35.4 Å². The molecule has 0 heterocycles. The Balaban J connectivity index is 2.77. The Morgan fingerprint density at radius 2 is 1.81 bits per heavy atom. The van der Waals surface area contributed by atoms with Gasteiger partial charge >= 0.3 is 5.97 Å². The van der Waals surface area contributed by atoms with Gasteiger partial charge in [0.05, 0.1) is 13.7 Å². The lowest BCUT2D eigenvalue weighted by Gasteiger charge is -2.07. The van der Waals surface area contributed by atoms with Crippen LogP contribution in [0.3, 0.4) is 0 Å². The molecule has 1 aromatic rings. The summed E-state index contributed by atoms with van der Waals surface area (Å²) < 4.78 is 10.3. The van der Waals surface area contributed by atoms with Crippen LogP contribution in [-0.2, 0) is 9.53 Å². The molecule has 3 heteroatoms. The van der Waals surface area contributed by atoms with E-state index in [1.165, 1.54) is 12.8 Å². The molecule has 116 valence electrons. The summed E-state index contributed by atoms with van der Waals surface area (Å²) in [6.45, 7) is 4.42. The first-order valence-corrected chi connectivity index (χ1v) is 7.73. The van der Waals surface area contributed by atoms with Crippen LogP contribution in [0.5, 0.6) is 5.75 Å². The third-order valence-corrected chi connectivity index (χ3v) is 3.29. The first-order chi connectivity index (χ1) is 10.2. The van der Waals surface area contributed by atoms with Crippen molar-refractivity contribution < 1.29 is 14.3 Å². The molecule has 0 atom stereocenters. The standard InChI is InChI=1S/C18H26O3/c1-4-6-7-8-9-16(18(19)21-5-2)14-15-10-12-17(20-3)13-11-15/h10-14H,4-9H2,1-3H3. The minimum absolute atomic E-state index is 0.204. The first kappa shape index (κ1) is 17.3. The van der Waals surface area contributed by atoms with Crippen LogP contribution in [-0.4, -0.2) is 19.7 Å². The lowest BCUT2D eigenvalue weighted by atomic mass is 10.0. The van der Waals surface area contributed by atoms with Crippen molar-refractivity contribution in [2.75, 3.05) is 13.7 Å². The quantitative estimate of drug-likeness (QED) is 0.378. The zero-order valence-corrected chi connectivity index (χ0v) is 13.4. The Hall–Kier alpha value is -1.77. The van der Waals surface area contributed by atoms with Gasteiger partial charge < -0.3 is 9.47 Å². The van der Waals surface area contributed by atoms with Crippen molar-refractivity contribution in [3.8, 4) is 5.75 Å². The highest BCUT2D eigenvalue weighted by molar-refractivity contribution is 5.93. The van der Waals surface area contributed by atoms with E-state index in [0.717, 1.165) is 36.1 Å². The summed E-state index contributed by atoms with van der Waals surface area (Å²) in [5.74, 6) is 0.609. The lowest BCUT2D eigenvalue weighted by molar-refractivity contribution is -0.138. The van der Waals surface area contributed by atoms with Crippen LogP contribution >= 0.6 is 0 Å². The molecule has 0 amide bonds. The number of carbonyl (C=O) groups is 1. The highest BCUT2D eigenvalue weighted by Gasteiger charge is 2.10. The smallest absolute Gasteiger partial charge is 0.334 e. The van der Waals surface area contributed by atoms with Crippen LogP contribution in [0.2, 0.25) is 0 Å². The number of methoxy groups -OCH3 is 1. The largest absolute Gasteiger partial charge is 0.497 e. The summed E-state index contributed by atoms with van der Waals surface area (Å²) in [5, 5.41) is 0. The molecule has 0 aliphatic heterocycles. The zero-order chi connectivity index (χ0) is 15.5. The number of rotatable bonds is 9. The van der Waals surface area contributed by atoms with Crippen molar-refractivity contribution in [1.29, 1.82) is 0 Å². The van der Waals surface area contributed by atoms with Gasteiger partial charge in [0.25, 0.3) is 0 Å². The van der Waals surface area contributed by atoms with Crippen molar-refractivity contribution in [1.82, 2.24) is 0 Å². The van der Waals surface area contributed by atoms with Gasteiger partial charge in [-0.3, -0.25) is 0 Å². The zero-order valence-electron chi connectivity index (χ0n) is 13.4. The van der Waals surface area contributed by atoms with E-state index in [1.807, 2.05) is 37.3 Å². The number of benzene rings is 1. The fourth-order valence-electron chi connectivity index (χ4n) is 2.10. The molecule has 21 heavy (non-hydrogen) atoms. The predicted molar refractivity (Wildman–Crippen MR) is 86.4 cm³/mol. The maximum Gasteiger partial charge on any atom is 0.334 e. The number of unbranched alkanes of at least 4 members (excludes halogenated alkanes) is 3. The maximum absolute atomic E-state index is 12.0. The Bertz CT molecular complexity index is 446. The lowest BCUT2D eigenvalue weighted by Crippen LogP contribution is -2.07. The van der Waals surface area contributed by atoms with Gasteiger partial charge in [-0.25, -0.2) is 4.79 Å². The fraction of sp³-hybridized carbons (Fsp3) is 0.500. The van der Waals surface area contributed by atoms with Gasteiger partial charge in [0.15, 0.2) is 0 Å². The topological polar surface area (TPSA) is 35.5 Å². The van der Waals surface area contributed by atoms with Gasteiger partial charge in [-0.2, -0.15) is 0 Å². The number of esters is 1. The summed E-state index contributed by atoms with van der Waals surface area (Å²) in [7, 11) is 1.64. The third-order valence-electron chi connectivity index (χ3n) is 3.29. The van der Waals surface area contributed by atoms with E-state index in [-0.39, 0.29) is 5.97 Å². The molecular formula is C18H26O3. The van der Waals surface area contributed by atoms with Crippen LogP contribution in [0.1, 0.15) is 51.5 Å². The van der Waals surface area contributed by atoms with E-state index in [0.29, 0.717) is 6.61 Å². The predicted octanol–water partition coefficient (Wildman–Crippen LogP) is 4.61. The normalized spacial score (nSPS) is 11.3. The average Bonchev–Trinajstić information content (AvgIpc) is 2.51. The highest BCUT2D eigenvalue weighted by atomic mass is 16.5. The third kappa shape index (κ3) is 6.48. The van der Waals surface area contributed by atoms with Crippen LogP contribution < -0.4 is 4.74 Å². The molecule has 0 aromatic heterocycles. The molecule has 3 nitrogen and oxygen atoms in total. The van der Waals surface area contributed by atoms with E-state index < -0.39 is 0 Å². The Morgan fingerprint density at radius 3 is 2.38 bits per heavy atom. The second kappa shape index (κ2) is 10.0. The molecular weight excluding hydrogens is 264 g/mol. The second-order valence-electron chi connectivity index (χ2n) is 4.97. The van der Waals surface area contributed by atoms with E-state index in [9.17, 15) is 4.79 Å². The maximum atomic E-state index is 12.0. The van der Waals surface area contributed by atoms with Crippen LogP contribution in [0.15, 0.2) is 29.8 Å². The van der Waals surface area contributed by atoms with E-state index in [2.05, 4.69) is 6.92 Å². The van der Waals surface area contributed by atoms with E-state index in [4.69, 9.17) is 9.47 Å². The molecule has 1 aromatic carbocycles. The molecule has 0 N–H and O–H groups in total.